The van der Waals surface area contributed by atoms with Crippen molar-refractivity contribution >= 4 is 68.7 Å². The van der Waals surface area contributed by atoms with E-state index >= 15 is 0 Å². The minimum absolute atomic E-state index is 0.236. The van der Waals surface area contributed by atoms with Gasteiger partial charge in [-0.05, 0) is 42.9 Å². The van der Waals surface area contributed by atoms with Gasteiger partial charge in [0, 0.05) is 24.7 Å². The second-order valence-electron chi connectivity index (χ2n) is 6.43. The first-order valence-electron chi connectivity index (χ1n) is 8.66. The molecule has 1 aromatic heterocycles. The van der Waals surface area contributed by atoms with Crippen LogP contribution in [0.25, 0.3) is 10.9 Å². The monoisotopic (exact) mass is 430 g/mol. The number of hydrogen-bond acceptors (Lipinski definition) is 3. The van der Waals surface area contributed by atoms with Crippen LogP contribution in [0.1, 0.15) is 15.9 Å². The van der Waals surface area contributed by atoms with E-state index in [9.17, 15) is 4.79 Å². The summed E-state index contributed by atoms with van der Waals surface area (Å²) >= 11 is 17.8. The lowest BCUT2D eigenvalue weighted by atomic mass is 10.1. The van der Waals surface area contributed by atoms with E-state index in [1.165, 1.54) is 0 Å². The van der Waals surface area contributed by atoms with Gasteiger partial charge in [-0.2, -0.15) is 0 Å². The highest BCUT2D eigenvalue weighted by Gasteiger charge is 2.23. The van der Waals surface area contributed by atoms with Gasteiger partial charge in [0.1, 0.15) is 0 Å². The standard InChI is InChI=1S/C20H16Cl2N4OS/c1-11-10-24-17-12(18(11)26-9-8-23-20(26)28)4-2-7-15(17)25-19(27)16-13(21)5-3-6-14(16)22/h2-7,10H,8-9H2,1H3,(H,23,28)(H,25,27). The number of rotatable bonds is 3. The molecule has 4 rings (SSSR count). The highest BCUT2D eigenvalue weighted by atomic mass is 35.5. The Morgan fingerprint density at radius 1 is 1.21 bits per heavy atom. The molecule has 0 aliphatic carbocycles. The number of benzene rings is 2. The molecule has 1 aliphatic rings. The van der Waals surface area contributed by atoms with E-state index in [1.54, 1.807) is 30.5 Å². The van der Waals surface area contributed by atoms with Gasteiger partial charge >= 0.3 is 0 Å². The molecule has 2 aromatic carbocycles. The number of nitrogens with one attached hydrogen (secondary N) is 2. The molecular formula is C20H16Cl2N4OS. The van der Waals surface area contributed by atoms with Gasteiger partial charge in [0.2, 0.25) is 0 Å². The number of halogens is 2. The first-order chi connectivity index (χ1) is 13.5. The molecule has 1 saturated heterocycles. The van der Waals surface area contributed by atoms with Crippen molar-refractivity contribution in [3.05, 3.63) is 63.8 Å². The molecular weight excluding hydrogens is 415 g/mol. The maximum Gasteiger partial charge on any atom is 0.258 e. The van der Waals surface area contributed by atoms with Crippen molar-refractivity contribution < 1.29 is 4.79 Å². The van der Waals surface area contributed by atoms with E-state index in [4.69, 9.17) is 35.4 Å². The van der Waals surface area contributed by atoms with Crippen LogP contribution in [0.3, 0.4) is 0 Å². The van der Waals surface area contributed by atoms with Crippen LogP contribution in [-0.2, 0) is 0 Å². The Morgan fingerprint density at radius 3 is 2.61 bits per heavy atom. The first kappa shape index (κ1) is 18.9. The number of aryl methyl sites for hydroxylation is 1. The fourth-order valence-corrected chi connectivity index (χ4v) is 4.21. The van der Waals surface area contributed by atoms with Crippen molar-refractivity contribution in [1.29, 1.82) is 0 Å². The van der Waals surface area contributed by atoms with Crippen molar-refractivity contribution in [3.8, 4) is 0 Å². The normalized spacial score (nSPS) is 13.7. The average molecular weight is 431 g/mol. The molecule has 142 valence electrons. The van der Waals surface area contributed by atoms with Gasteiger partial charge in [0.15, 0.2) is 5.11 Å². The van der Waals surface area contributed by atoms with Crippen LogP contribution < -0.4 is 15.5 Å². The molecule has 2 N–H and O–H groups in total. The summed E-state index contributed by atoms with van der Waals surface area (Å²) in [7, 11) is 0. The molecule has 28 heavy (non-hydrogen) atoms. The number of carbonyl (C=O) groups excluding carboxylic acids is 1. The Labute approximate surface area is 177 Å². The molecule has 1 amide bonds. The van der Waals surface area contributed by atoms with Crippen molar-refractivity contribution in [1.82, 2.24) is 10.3 Å². The number of nitrogens with zero attached hydrogens (tertiary/aromatic N) is 2. The minimum Gasteiger partial charge on any atom is -0.360 e. The zero-order valence-electron chi connectivity index (χ0n) is 14.9. The Bertz CT molecular complexity index is 1100. The number of carbonyl (C=O) groups is 1. The minimum atomic E-state index is -0.384. The summed E-state index contributed by atoms with van der Waals surface area (Å²) in [5.74, 6) is -0.384. The summed E-state index contributed by atoms with van der Waals surface area (Å²) in [6, 6.07) is 10.6. The third-order valence-electron chi connectivity index (χ3n) is 4.62. The van der Waals surface area contributed by atoms with Gasteiger partial charge in [0.25, 0.3) is 5.91 Å². The number of para-hydroxylation sites is 1. The van der Waals surface area contributed by atoms with Crippen LogP contribution in [-0.4, -0.2) is 29.1 Å². The molecule has 1 fully saturated rings. The van der Waals surface area contributed by atoms with E-state index in [0.29, 0.717) is 26.4 Å². The van der Waals surface area contributed by atoms with Crippen LogP contribution in [0.15, 0.2) is 42.6 Å². The second-order valence-corrected chi connectivity index (χ2v) is 7.63. The number of amides is 1. The fourth-order valence-electron chi connectivity index (χ4n) is 3.35. The van der Waals surface area contributed by atoms with Gasteiger partial charge in [-0.15, -0.1) is 0 Å². The van der Waals surface area contributed by atoms with Gasteiger partial charge < -0.3 is 15.5 Å². The molecule has 8 heteroatoms. The van der Waals surface area contributed by atoms with Gasteiger partial charge in [-0.3, -0.25) is 9.78 Å². The predicted octanol–water partition coefficient (Wildman–Crippen LogP) is 4.80. The lowest BCUT2D eigenvalue weighted by molar-refractivity contribution is 0.102. The maximum atomic E-state index is 12.8. The zero-order valence-corrected chi connectivity index (χ0v) is 17.3. The molecule has 2 heterocycles. The van der Waals surface area contributed by atoms with Crippen LogP contribution in [0.5, 0.6) is 0 Å². The molecule has 5 nitrogen and oxygen atoms in total. The second kappa shape index (κ2) is 7.54. The fraction of sp³-hybridized carbons (Fsp3) is 0.150. The Morgan fingerprint density at radius 2 is 1.93 bits per heavy atom. The van der Waals surface area contributed by atoms with E-state index < -0.39 is 0 Å². The SMILES string of the molecule is Cc1cnc2c(NC(=O)c3c(Cl)cccc3Cl)cccc2c1N1CCNC1=S. The number of thiocarbonyl (C=S) groups is 1. The molecule has 0 bridgehead atoms. The zero-order chi connectivity index (χ0) is 19.8. The van der Waals surface area contributed by atoms with Crippen LogP contribution in [0, 0.1) is 6.92 Å². The van der Waals surface area contributed by atoms with Crippen LogP contribution >= 0.6 is 35.4 Å². The molecule has 3 aromatic rings. The van der Waals surface area contributed by atoms with Gasteiger partial charge in [-0.1, -0.05) is 41.4 Å². The number of hydrogen-bond donors (Lipinski definition) is 2. The number of anilines is 2. The van der Waals surface area contributed by atoms with E-state index in [0.717, 1.165) is 29.7 Å². The van der Waals surface area contributed by atoms with Crippen molar-refractivity contribution in [2.24, 2.45) is 0 Å². The van der Waals surface area contributed by atoms with E-state index in [1.807, 2.05) is 19.1 Å². The first-order valence-corrected chi connectivity index (χ1v) is 9.83. The predicted molar refractivity (Wildman–Crippen MR) is 119 cm³/mol. The van der Waals surface area contributed by atoms with Crippen molar-refractivity contribution in [2.45, 2.75) is 6.92 Å². The third kappa shape index (κ3) is 3.28. The summed E-state index contributed by atoms with van der Waals surface area (Å²) < 4.78 is 0. The third-order valence-corrected chi connectivity index (χ3v) is 5.61. The summed E-state index contributed by atoms with van der Waals surface area (Å²) in [5.41, 5.74) is 3.50. The van der Waals surface area contributed by atoms with Gasteiger partial charge in [0.05, 0.1) is 32.5 Å². The smallest absolute Gasteiger partial charge is 0.258 e. The molecule has 0 spiro atoms. The summed E-state index contributed by atoms with van der Waals surface area (Å²) in [4.78, 5) is 19.4. The topological polar surface area (TPSA) is 57.3 Å². The lowest BCUT2D eigenvalue weighted by Crippen LogP contribution is -2.28. The molecule has 0 saturated carbocycles. The summed E-state index contributed by atoms with van der Waals surface area (Å²) in [5, 5.41) is 8.26. The molecule has 0 atom stereocenters. The van der Waals surface area contributed by atoms with Crippen LogP contribution in [0.2, 0.25) is 10.0 Å². The quantitative estimate of drug-likeness (QED) is 0.584. The maximum absolute atomic E-state index is 12.8. The van der Waals surface area contributed by atoms with Gasteiger partial charge in [-0.25, -0.2) is 0 Å². The molecule has 0 unspecified atom stereocenters. The number of pyridine rings is 1. The van der Waals surface area contributed by atoms with E-state index in [2.05, 4.69) is 20.5 Å². The van der Waals surface area contributed by atoms with Crippen molar-refractivity contribution in [3.63, 3.8) is 0 Å². The number of aromatic nitrogens is 1. The molecule has 1 aliphatic heterocycles. The highest BCUT2D eigenvalue weighted by molar-refractivity contribution is 7.80. The van der Waals surface area contributed by atoms with Crippen LogP contribution in [0.4, 0.5) is 11.4 Å². The molecule has 0 radical (unpaired) electrons. The van der Waals surface area contributed by atoms with Crippen molar-refractivity contribution in [2.75, 3.05) is 23.3 Å². The number of fused-ring (bicyclic) bond motifs is 1. The Kier molecular flexibility index (Phi) is 5.10. The Balaban J connectivity index is 1.79. The largest absolute Gasteiger partial charge is 0.360 e. The Hall–Kier alpha value is -2.41. The van der Waals surface area contributed by atoms with E-state index in [-0.39, 0.29) is 11.5 Å². The lowest BCUT2D eigenvalue weighted by Gasteiger charge is -2.22. The summed E-state index contributed by atoms with van der Waals surface area (Å²) in [6.07, 6.45) is 1.79. The highest BCUT2D eigenvalue weighted by Crippen LogP contribution is 2.34. The average Bonchev–Trinajstić information content (AvgIpc) is 3.07. The summed E-state index contributed by atoms with van der Waals surface area (Å²) in [6.45, 7) is 3.58.